The number of benzene rings is 2. The third kappa shape index (κ3) is 4.72. The summed E-state index contributed by atoms with van der Waals surface area (Å²) in [6.07, 6.45) is 0. The molecule has 0 fully saturated rings. The molecule has 2 aromatic heterocycles. The van der Waals surface area contributed by atoms with Crippen LogP contribution >= 0.6 is 23.1 Å². The number of halogens is 1. The number of thioether (sulfide) groups is 1. The van der Waals surface area contributed by atoms with E-state index in [-0.39, 0.29) is 17.0 Å². The van der Waals surface area contributed by atoms with E-state index in [2.05, 4.69) is 10.3 Å². The molecule has 1 amide bonds. The van der Waals surface area contributed by atoms with Crippen molar-refractivity contribution in [3.63, 3.8) is 0 Å². The van der Waals surface area contributed by atoms with Gasteiger partial charge in [-0.05, 0) is 29.8 Å². The molecule has 0 atom stereocenters. The second kappa shape index (κ2) is 8.59. The zero-order chi connectivity index (χ0) is 20.2. The van der Waals surface area contributed by atoms with E-state index in [1.54, 1.807) is 48.2 Å². The lowest BCUT2D eigenvalue weighted by Crippen LogP contribution is -2.14. The molecule has 0 bridgehead atoms. The minimum absolute atomic E-state index is 0.0591. The summed E-state index contributed by atoms with van der Waals surface area (Å²) in [5.74, 6) is 0.570. The van der Waals surface area contributed by atoms with Crippen LogP contribution in [0.15, 0.2) is 69.2 Å². The number of nitrogens with one attached hydrogen (secondary N) is 1. The van der Waals surface area contributed by atoms with E-state index in [0.717, 1.165) is 17.0 Å². The van der Waals surface area contributed by atoms with Gasteiger partial charge in [0, 0.05) is 23.0 Å². The SMILES string of the molecule is O=C(Nc1nc(CSCc2ccc(F)cc2)cs1)c1cc(=O)c2ccccc2o1. The van der Waals surface area contributed by atoms with Gasteiger partial charge in [0.15, 0.2) is 16.3 Å². The number of carbonyl (C=O) groups excluding carboxylic acids is 1. The molecular formula is C21H15FN2O3S2. The standard InChI is InChI=1S/C21H15FN2O3S2/c22-14-7-5-13(6-8-14)10-28-11-15-12-29-21(23-15)24-20(26)19-9-17(25)16-3-1-2-4-18(16)27-19/h1-9,12H,10-11H2,(H,23,24,26). The highest BCUT2D eigenvalue weighted by atomic mass is 32.2. The highest BCUT2D eigenvalue weighted by molar-refractivity contribution is 7.97. The third-order valence-electron chi connectivity index (χ3n) is 4.06. The van der Waals surface area contributed by atoms with Crippen molar-refractivity contribution in [3.05, 3.63) is 93.0 Å². The van der Waals surface area contributed by atoms with Crippen molar-refractivity contribution < 1.29 is 13.6 Å². The Bertz CT molecular complexity index is 1220. The van der Waals surface area contributed by atoms with Gasteiger partial charge in [-0.1, -0.05) is 24.3 Å². The third-order valence-corrected chi connectivity index (χ3v) is 5.91. The maximum absolute atomic E-state index is 12.9. The van der Waals surface area contributed by atoms with E-state index < -0.39 is 5.91 Å². The Balaban J connectivity index is 1.38. The molecule has 8 heteroatoms. The molecule has 2 heterocycles. The van der Waals surface area contributed by atoms with Crippen molar-refractivity contribution in [2.24, 2.45) is 0 Å². The molecule has 2 aromatic carbocycles. The maximum Gasteiger partial charge on any atom is 0.293 e. The summed E-state index contributed by atoms with van der Waals surface area (Å²) in [7, 11) is 0. The molecule has 0 saturated heterocycles. The Labute approximate surface area is 173 Å². The Hall–Kier alpha value is -2.97. The van der Waals surface area contributed by atoms with E-state index in [4.69, 9.17) is 4.42 Å². The summed E-state index contributed by atoms with van der Waals surface area (Å²) in [6, 6.07) is 14.4. The van der Waals surface area contributed by atoms with Gasteiger partial charge in [0.1, 0.15) is 11.4 Å². The van der Waals surface area contributed by atoms with E-state index >= 15 is 0 Å². The number of anilines is 1. The number of para-hydroxylation sites is 1. The monoisotopic (exact) mass is 426 g/mol. The molecule has 29 heavy (non-hydrogen) atoms. The fourth-order valence-corrected chi connectivity index (χ4v) is 4.36. The van der Waals surface area contributed by atoms with Crippen LogP contribution < -0.4 is 10.7 Å². The average molecular weight is 426 g/mol. The molecular weight excluding hydrogens is 411 g/mol. The summed E-state index contributed by atoms with van der Waals surface area (Å²) in [5.41, 5.74) is 1.96. The number of rotatable bonds is 6. The van der Waals surface area contributed by atoms with Gasteiger partial charge in [-0.3, -0.25) is 14.9 Å². The second-order valence-corrected chi connectivity index (χ2v) is 8.03. The minimum atomic E-state index is -0.521. The first kappa shape index (κ1) is 19.4. The number of hydrogen-bond donors (Lipinski definition) is 1. The van der Waals surface area contributed by atoms with Crippen molar-refractivity contribution >= 4 is 45.1 Å². The van der Waals surface area contributed by atoms with Gasteiger partial charge >= 0.3 is 0 Å². The highest BCUT2D eigenvalue weighted by Crippen LogP contribution is 2.23. The fraction of sp³-hybridized carbons (Fsp3) is 0.0952. The molecule has 5 nitrogen and oxygen atoms in total. The zero-order valence-electron chi connectivity index (χ0n) is 15.1. The minimum Gasteiger partial charge on any atom is -0.451 e. The number of carbonyl (C=O) groups is 1. The number of aromatic nitrogens is 1. The normalized spacial score (nSPS) is 10.9. The molecule has 0 spiro atoms. The van der Waals surface area contributed by atoms with Gasteiger partial charge in [0.2, 0.25) is 0 Å². The quantitative estimate of drug-likeness (QED) is 0.466. The number of amides is 1. The zero-order valence-corrected chi connectivity index (χ0v) is 16.7. The van der Waals surface area contributed by atoms with Crippen LogP contribution in [0, 0.1) is 5.82 Å². The highest BCUT2D eigenvalue weighted by Gasteiger charge is 2.14. The summed E-state index contributed by atoms with van der Waals surface area (Å²) in [4.78, 5) is 29.0. The van der Waals surface area contributed by atoms with Gasteiger partial charge < -0.3 is 4.42 Å². The molecule has 0 aliphatic heterocycles. The maximum atomic E-state index is 12.9. The van der Waals surface area contributed by atoms with E-state index in [9.17, 15) is 14.0 Å². The topological polar surface area (TPSA) is 72.2 Å². The number of fused-ring (bicyclic) bond motifs is 1. The van der Waals surface area contributed by atoms with E-state index in [1.807, 2.05) is 5.38 Å². The van der Waals surface area contributed by atoms with Gasteiger partial charge in [-0.2, -0.15) is 11.8 Å². The van der Waals surface area contributed by atoms with Crippen LogP contribution in [0.4, 0.5) is 9.52 Å². The van der Waals surface area contributed by atoms with Crippen LogP contribution in [-0.4, -0.2) is 10.9 Å². The molecule has 0 unspecified atom stereocenters. The van der Waals surface area contributed by atoms with E-state index in [1.165, 1.54) is 29.5 Å². The van der Waals surface area contributed by atoms with Gasteiger partial charge in [0.05, 0.1) is 11.1 Å². The summed E-state index contributed by atoms with van der Waals surface area (Å²) in [6.45, 7) is 0. The summed E-state index contributed by atoms with van der Waals surface area (Å²) >= 11 is 2.95. The smallest absolute Gasteiger partial charge is 0.293 e. The van der Waals surface area contributed by atoms with E-state index in [0.29, 0.717) is 21.9 Å². The van der Waals surface area contributed by atoms with Crippen LogP contribution in [0.1, 0.15) is 21.8 Å². The molecule has 146 valence electrons. The number of nitrogens with zero attached hydrogens (tertiary/aromatic N) is 1. The summed E-state index contributed by atoms with van der Waals surface area (Å²) < 4.78 is 18.5. The number of thiazole rings is 1. The molecule has 4 rings (SSSR count). The van der Waals surface area contributed by atoms with Crippen molar-refractivity contribution in [2.45, 2.75) is 11.5 Å². The Morgan fingerprint density at radius 1 is 1.14 bits per heavy atom. The Kier molecular flexibility index (Phi) is 5.73. The Morgan fingerprint density at radius 2 is 1.93 bits per heavy atom. The summed E-state index contributed by atoms with van der Waals surface area (Å²) in [5, 5.41) is 5.40. The van der Waals surface area contributed by atoms with Crippen molar-refractivity contribution in [2.75, 3.05) is 5.32 Å². The molecule has 0 saturated carbocycles. The van der Waals surface area contributed by atoms with Gasteiger partial charge in [-0.15, -0.1) is 11.3 Å². The molecule has 0 radical (unpaired) electrons. The first-order valence-corrected chi connectivity index (χ1v) is 10.7. The van der Waals surface area contributed by atoms with Crippen molar-refractivity contribution in [1.82, 2.24) is 4.98 Å². The van der Waals surface area contributed by atoms with Gasteiger partial charge in [-0.25, -0.2) is 9.37 Å². The Morgan fingerprint density at radius 3 is 2.76 bits per heavy atom. The van der Waals surface area contributed by atoms with Crippen molar-refractivity contribution in [1.29, 1.82) is 0 Å². The fourth-order valence-electron chi connectivity index (χ4n) is 2.66. The first-order valence-electron chi connectivity index (χ1n) is 8.69. The lowest BCUT2D eigenvalue weighted by molar-refractivity contribution is 0.0997. The lowest BCUT2D eigenvalue weighted by Gasteiger charge is -2.03. The molecule has 0 aliphatic carbocycles. The molecule has 0 aliphatic rings. The predicted octanol–water partition coefficient (Wildman–Crippen LogP) is 5.07. The largest absolute Gasteiger partial charge is 0.451 e. The second-order valence-electron chi connectivity index (χ2n) is 6.19. The van der Waals surface area contributed by atoms with Crippen molar-refractivity contribution in [3.8, 4) is 0 Å². The first-order chi connectivity index (χ1) is 14.1. The molecule has 4 aromatic rings. The van der Waals surface area contributed by atoms with Crippen LogP contribution in [0.25, 0.3) is 11.0 Å². The van der Waals surface area contributed by atoms with Gasteiger partial charge in [0.25, 0.3) is 5.91 Å². The number of hydrogen-bond acceptors (Lipinski definition) is 6. The van der Waals surface area contributed by atoms with Crippen LogP contribution in [0.3, 0.4) is 0 Å². The van der Waals surface area contributed by atoms with Crippen LogP contribution in [0.2, 0.25) is 0 Å². The molecule has 1 N–H and O–H groups in total. The predicted molar refractivity (Wildman–Crippen MR) is 114 cm³/mol. The van der Waals surface area contributed by atoms with Crippen LogP contribution in [-0.2, 0) is 11.5 Å². The lowest BCUT2D eigenvalue weighted by atomic mass is 10.2. The van der Waals surface area contributed by atoms with Crippen LogP contribution in [0.5, 0.6) is 0 Å². The average Bonchev–Trinajstić information content (AvgIpc) is 3.16.